The molecule has 1 aliphatic rings. The average molecular weight is 388 g/mol. The lowest BCUT2D eigenvalue weighted by atomic mass is 10.0. The van der Waals surface area contributed by atoms with E-state index in [9.17, 15) is 13.2 Å². The number of morpholine rings is 1. The normalized spacial score (nSPS) is 15.0. The second-order valence-electron chi connectivity index (χ2n) is 6.36. The van der Waals surface area contributed by atoms with Gasteiger partial charge in [-0.25, -0.2) is 8.42 Å². The predicted molar refractivity (Wildman–Crippen MR) is 106 cm³/mol. The fourth-order valence-electron chi connectivity index (χ4n) is 3.16. The molecule has 6 nitrogen and oxygen atoms in total. The number of benzene rings is 2. The van der Waals surface area contributed by atoms with Crippen LogP contribution in [0.4, 0.5) is 11.4 Å². The molecule has 0 unspecified atom stereocenters. The van der Waals surface area contributed by atoms with E-state index in [-0.39, 0.29) is 17.4 Å². The van der Waals surface area contributed by atoms with Crippen LogP contribution in [-0.4, -0.2) is 34.1 Å². The topological polar surface area (TPSA) is 75.7 Å². The number of sulfonamides is 1. The Kier molecular flexibility index (Phi) is 5.82. The zero-order chi connectivity index (χ0) is 19.4. The van der Waals surface area contributed by atoms with Crippen molar-refractivity contribution in [3.8, 4) is 0 Å². The maximum atomic E-state index is 12.9. The number of hydrogen-bond acceptors (Lipinski definition) is 4. The van der Waals surface area contributed by atoms with Crippen molar-refractivity contribution in [2.24, 2.45) is 0 Å². The second-order valence-corrected chi connectivity index (χ2v) is 8.04. The number of anilines is 2. The van der Waals surface area contributed by atoms with Crippen LogP contribution in [-0.2, 0) is 32.4 Å². The van der Waals surface area contributed by atoms with Gasteiger partial charge in [0, 0.05) is 12.2 Å². The summed E-state index contributed by atoms with van der Waals surface area (Å²) >= 11 is 0. The smallest absolute Gasteiger partial charge is 0.261 e. The van der Waals surface area contributed by atoms with Crippen LogP contribution in [0.25, 0.3) is 0 Å². The molecular weight excluding hydrogens is 364 g/mol. The molecule has 1 N–H and O–H groups in total. The van der Waals surface area contributed by atoms with Crippen molar-refractivity contribution in [2.45, 2.75) is 31.6 Å². The van der Waals surface area contributed by atoms with Crippen molar-refractivity contribution in [2.75, 3.05) is 29.4 Å². The van der Waals surface area contributed by atoms with Crippen LogP contribution in [0.5, 0.6) is 0 Å². The van der Waals surface area contributed by atoms with Gasteiger partial charge in [0.1, 0.15) is 6.61 Å². The zero-order valence-corrected chi connectivity index (χ0v) is 16.4. The Labute approximate surface area is 160 Å². The fourth-order valence-corrected chi connectivity index (χ4v) is 4.31. The largest absolute Gasteiger partial charge is 0.370 e. The number of nitrogens with zero attached hydrogens (tertiary/aromatic N) is 1. The molecule has 0 radical (unpaired) electrons. The highest BCUT2D eigenvalue weighted by Gasteiger charge is 2.22. The number of nitrogens with one attached hydrogen (secondary N) is 1. The van der Waals surface area contributed by atoms with Gasteiger partial charge in [-0.05, 0) is 48.2 Å². The summed E-state index contributed by atoms with van der Waals surface area (Å²) in [6.07, 6.45) is 1.48. The summed E-state index contributed by atoms with van der Waals surface area (Å²) in [5.41, 5.74) is 3.27. The fraction of sp³-hybridized carbons (Fsp3) is 0.350. The molecule has 1 heterocycles. The van der Waals surface area contributed by atoms with Crippen LogP contribution in [0, 0.1) is 0 Å². The Hall–Kier alpha value is -2.38. The van der Waals surface area contributed by atoms with E-state index in [0.29, 0.717) is 24.5 Å². The molecule has 2 aromatic carbocycles. The second kappa shape index (κ2) is 8.10. The minimum atomic E-state index is -3.72. The minimum absolute atomic E-state index is 0.0508. The Morgan fingerprint density at radius 2 is 1.67 bits per heavy atom. The summed E-state index contributed by atoms with van der Waals surface area (Å²) in [6, 6.07) is 12.2. The average Bonchev–Trinajstić information content (AvgIpc) is 2.68. The summed E-state index contributed by atoms with van der Waals surface area (Å²) in [4.78, 5) is 13.7. The summed E-state index contributed by atoms with van der Waals surface area (Å²) in [5, 5.41) is 0. The van der Waals surface area contributed by atoms with E-state index in [1.165, 1.54) is 12.1 Å². The van der Waals surface area contributed by atoms with Gasteiger partial charge in [-0.15, -0.1) is 0 Å². The lowest BCUT2D eigenvalue weighted by molar-refractivity contribution is -0.125. The van der Waals surface area contributed by atoms with Crippen molar-refractivity contribution in [1.82, 2.24) is 0 Å². The molecule has 0 spiro atoms. The van der Waals surface area contributed by atoms with Crippen LogP contribution < -0.4 is 9.62 Å². The van der Waals surface area contributed by atoms with Gasteiger partial charge in [-0.3, -0.25) is 9.52 Å². The molecule has 2 aromatic rings. The number of rotatable bonds is 6. The maximum Gasteiger partial charge on any atom is 0.261 e. The third-order valence-electron chi connectivity index (χ3n) is 4.68. The Balaban J connectivity index is 1.87. The van der Waals surface area contributed by atoms with Crippen LogP contribution >= 0.6 is 0 Å². The third-order valence-corrected chi connectivity index (χ3v) is 6.05. The molecule has 1 aliphatic heterocycles. The molecule has 1 amide bonds. The first-order chi connectivity index (χ1) is 13.0. The number of carbonyl (C=O) groups is 1. The van der Waals surface area contributed by atoms with E-state index in [1.807, 2.05) is 32.0 Å². The zero-order valence-electron chi connectivity index (χ0n) is 15.6. The lowest BCUT2D eigenvalue weighted by Crippen LogP contribution is -2.41. The Morgan fingerprint density at radius 1 is 1.04 bits per heavy atom. The van der Waals surface area contributed by atoms with E-state index in [4.69, 9.17) is 4.74 Å². The highest BCUT2D eigenvalue weighted by Crippen LogP contribution is 2.27. The molecule has 1 saturated heterocycles. The van der Waals surface area contributed by atoms with Crippen molar-refractivity contribution in [3.05, 3.63) is 53.6 Å². The summed E-state index contributed by atoms with van der Waals surface area (Å²) in [6.45, 7) is 4.99. The van der Waals surface area contributed by atoms with Crippen LogP contribution in [0.1, 0.15) is 25.0 Å². The molecule has 144 valence electrons. The third kappa shape index (κ3) is 4.14. The summed E-state index contributed by atoms with van der Waals surface area (Å²) in [5.74, 6) is -0.126. The van der Waals surface area contributed by atoms with E-state index in [0.717, 1.165) is 24.0 Å². The van der Waals surface area contributed by atoms with Gasteiger partial charge in [0.2, 0.25) is 0 Å². The molecule has 0 atom stereocenters. The molecule has 0 saturated carbocycles. The molecule has 7 heteroatoms. The van der Waals surface area contributed by atoms with Gasteiger partial charge >= 0.3 is 0 Å². The van der Waals surface area contributed by atoms with Crippen molar-refractivity contribution < 1.29 is 17.9 Å². The molecule has 27 heavy (non-hydrogen) atoms. The van der Waals surface area contributed by atoms with Gasteiger partial charge in [0.15, 0.2) is 0 Å². The van der Waals surface area contributed by atoms with E-state index in [2.05, 4.69) is 4.72 Å². The highest BCUT2D eigenvalue weighted by atomic mass is 32.2. The molecule has 1 fully saturated rings. The van der Waals surface area contributed by atoms with Crippen LogP contribution in [0.2, 0.25) is 0 Å². The minimum Gasteiger partial charge on any atom is -0.370 e. The van der Waals surface area contributed by atoms with Gasteiger partial charge in [0.05, 0.1) is 17.2 Å². The lowest BCUT2D eigenvalue weighted by Gasteiger charge is -2.27. The predicted octanol–water partition coefficient (Wildman–Crippen LogP) is 2.98. The molecule has 3 rings (SSSR count). The monoisotopic (exact) mass is 388 g/mol. The highest BCUT2D eigenvalue weighted by molar-refractivity contribution is 7.92. The van der Waals surface area contributed by atoms with Crippen LogP contribution in [0.15, 0.2) is 47.4 Å². The number of aryl methyl sites for hydroxylation is 2. The Morgan fingerprint density at radius 3 is 2.22 bits per heavy atom. The molecular formula is C20H24N2O4S. The van der Waals surface area contributed by atoms with Gasteiger partial charge in [-0.1, -0.05) is 32.0 Å². The van der Waals surface area contributed by atoms with Gasteiger partial charge < -0.3 is 9.64 Å². The number of carbonyl (C=O) groups excluding carboxylic acids is 1. The van der Waals surface area contributed by atoms with Crippen molar-refractivity contribution in [3.63, 3.8) is 0 Å². The molecule has 0 aliphatic carbocycles. The quantitative estimate of drug-likeness (QED) is 0.825. The first-order valence-electron chi connectivity index (χ1n) is 9.08. The summed E-state index contributed by atoms with van der Waals surface area (Å²) < 4.78 is 33.6. The summed E-state index contributed by atoms with van der Waals surface area (Å²) in [7, 11) is -3.72. The van der Waals surface area contributed by atoms with Crippen LogP contribution in [0.3, 0.4) is 0 Å². The number of amides is 1. The van der Waals surface area contributed by atoms with E-state index in [1.54, 1.807) is 17.0 Å². The van der Waals surface area contributed by atoms with Gasteiger partial charge in [0.25, 0.3) is 15.9 Å². The Bertz CT molecular complexity index is 901. The van der Waals surface area contributed by atoms with E-state index < -0.39 is 10.0 Å². The molecule has 0 bridgehead atoms. The van der Waals surface area contributed by atoms with Crippen molar-refractivity contribution >= 4 is 27.3 Å². The first kappa shape index (κ1) is 19.4. The molecule has 0 aromatic heterocycles. The maximum absolute atomic E-state index is 12.9. The standard InChI is InChI=1S/C20H24N2O4S/c1-3-15-6-5-7-16(4-2)20(15)21-27(24,25)18-10-8-17(9-11-18)22-12-13-26-14-19(22)23/h5-11,21H,3-4,12-14H2,1-2H3. The number of ether oxygens (including phenoxy) is 1. The van der Waals surface area contributed by atoms with Crippen molar-refractivity contribution in [1.29, 1.82) is 0 Å². The first-order valence-corrected chi connectivity index (χ1v) is 10.6. The SMILES string of the molecule is CCc1cccc(CC)c1NS(=O)(=O)c1ccc(N2CCOCC2=O)cc1. The number of para-hydroxylation sites is 1. The number of hydrogen-bond donors (Lipinski definition) is 1. The van der Waals surface area contributed by atoms with E-state index >= 15 is 0 Å². The van der Waals surface area contributed by atoms with Gasteiger partial charge in [-0.2, -0.15) is 0 Å².